The lowest BCUT2D eigenvalue weighted by Crippen LogP contribution is -2.45. The average molecular weight is 333 g/mol. The summed E-state index contributed by atoms with van der Waals surface area (Å²) in [6.07, 6.45) is 1.70. The van der Waals surface area contributed by atoms with E-state index in [0.29, 0.717) is 0 Å². The Hall–Kier alpha value is -1.46. The first-order valence-corrected chi connectivity index (χ1v) is 7.23. The molecule has 0 atom stereocenters. The maximum absolute atomic E-state index is 12.0. The van der Waals surface area contributed by atoms with Gasteiger partial charge in [-0.1, -0.05) is 36.5 Å². The number of rotatable bonds is 5. The molecule has 0 spiro atoms. The Morgan fingerprint density at radius 3 is 2.43 bits per heavy atom. The number of halogens is 2. The SMILES string of the molecule is CCCC(C)(C)NC(=O)Nc1c(Cl)cc(Cl)cc1C(=O)O. The predicted molar refractivity (Wildman–Crippen MR) is 84.6 cm³/mol. The second kappa shape index (κ2) is 7.00. The van der Waals surface area contributed by atoms with Crippen LogP contribution in [0.5, 0.6) is 0 Å². The highest BCUT2D eigenvalue weighted by atomic mass is 35.5. The number of nitrogens with one attached hydrogen (secondary N) is 2. The van der Waals surface area contributed by atoms with Crippen molar-refractivity contribution in [2.45, 2.75) is 39.2 Å². The minimum absolute atomic E-state index is 0.0263. The normalized spacial score (nSPS) is 11.1. The van der Waals surface area contributed by atoms with Crippen molar-refractivity contribution in [2.24, 2.45) is 0 Å². The fourth-order valence-electron chi connectivity index (χ4n) is 2.01. The Bertz CT molecular complexity index is 559. The lowest BCUT2D eigenvalue weighted by Gasteiger charge is -2.26. The second-order valence-corrected chi connectivity index (χ2v) is 6.17. The summed E-state index contributed by atoms with van der Waals surface area (Å²) in [7, 11) is 0. The maximum atomic E-state index is 12.0. The van der Waals surface area contributed by atoms with Gasteiger partial charge in [0.1, 0.15) is 0 Å². The topological polar surface area (TPSA) is 78.4 Å². The van der Waals surface area contributed by atoms with Crippen LogP contribution in [0, 0.1) is 0 Å². The number of aromatic carboxylic acids is 1. The molecule has 0 saturated carbocycles. The zero-order valence-electron chi connectivity index (χ0n) is 12.1. The van der Waals surface area contributed by atoms with Gasteiger partial charge in [-0.15, -0.1) is 0 Å². The van der Waals surface area contributed by atoms with E-state index in [1.807, 2.05) is 20.8 Å². The number of hydrogen-bond donors (Lipinski definition) is 3. The summed E-state index contributed by atoms with van der Waals surface area (Å²) >= 11 is 11.7. The number of hydrogen-bond acceptors (Lipinski definition) is 2. The van der Waals surface area contributed by atoms with Crippen LogP contribution in [0.2, 0.25) is 10.0 Å². The standard InChI is InChI=1S/C14H18Cl2N2O3/c1-4-5-14(2,3)18-13(21)17-11-9(12(19)20)6-8(15)7-10(11)16/h6-7H,4-5H2,1-3H3,(H,19,20)(H2,17,18,21). The van der Waals surface area contributed by atoms with Crippen LogP contribution in [0.15, 0.2) is 12.1 Å². The zero-order valence-corrected chi connectivity index (χ0v) is 13.6. The van der Waals surface area contributed by atoms with E-state index in [4.69, 9.17) is 28.3 Å². The quantitative estimate of drug-likeness (QED) is 0.748. The van der Waals surface area contributed by atoms with E-state index in [1.165, 1.54) is 12.1 Å². The van der Waals surface area contributed by atoms with Gasteiger partial charge in [0.25, 0.3) is 0 Å². The Balaban J connectivity index is 2.98. The molecule has 0 saturated heterocycles. The molecule has 0 aliphatic rings. The van der Waals surface area contributed by atoms with Crippen molar-refractivity contribution >= 4 is 40.9 Å². The van der Waals surface area contributed by atoms with E-state index < -0.39 is 17.5 Å². The van der Waals surface area contributed by atoms with E-state index in [9.17, 15) is 9.59 Å². The van der Waals surface area contributed by atoms with Crippen molar-refractivity contribution in [1.29, 1.82) is 0 Å². The predicted octanol–water partition coefficient (Wildman–Crippen LogP) is 4.39. The number of amides is 2. The Kier molecular flexibility index (Phi) is 5.87. The first-order valence-electron chi connectivity index (χ1n) is 6.48. The number of carbonyl (C=O) groups is 2. The highest BCUT2D eigenvalue weighted by Crippen LogP contribution is 2.30. The van der Waals surface area contributed by atoms with Crippen molar-refractivity contribution in [2.75, 3.05) is 5.32 Å². The van der Waals surface area contributed by atoms with Crippen LogP contribution in [0.25, 0.3) is 0 Å². The summed E-state index contributed by atoms with van der Waals surface area (Å²) in [5.74, 6) is -1.22. The number of benzene rings is 1. The second-order valence-electron chi connectivity index (χ2n) is 5.33. The summed E-state index contributed by atoms with van der Waals surface area (Å²) in [5, 5.41) is 14.7. The third kappa shape index (κ3) is 5.10. The van der Waals surface area contributed by atoms with Crippen LogP contribution >= 0.6 is 23.2 Å². The highest BCUT2D eigenvalue weighted by Gasteiger charge is 2.22. The van der Waals surface area contributed by atoms with E-state index in [2.05, 4.69) is 10.6 Å². The third-order valence-corrected chi connectivity index (χ3v) is 3.37. The van der Waals surface area contributed by atoms with Gasteiger partial charge in [-0.2, -0.15) is 0 Å². The molecule has 5 nitrogen and oxygen atoms in total. The molecule has 116 valence electrons. The number of urea groups is 1. The van der Waals surface area contributed by atoms with Crippen LogP contribution in [0.3, 0.4) is 0 Å². The van der Waals surface area contributed by atoms with Crippen molar-refractivity contribution < 1.29 is 14.7 Å². The molecule has 2 amide bonds. The molecular weight excluding hydrogens is 315 g/mol. The fraction of sp³-hybridized carbons (Fsp3) is 0.429. The fourth-order valence-corrected chi connectivity index (χ4v) is 2.55. The molecule has 0 aromatic heterocycles. The molecule has 0 heterocycles. The molecule has 7 heteroatoms. The van der Waals surface area contributed by atoms with Crippen molar-refractivity contribution in [3.8, 4) is 0 Å². The van der Waals surface area contributed by atoms with E-state index in [0.717, 1.165) is 12.8 Å². The highest BCUT2D eigenvalue weighted by molar-refractivity contribution is 6.37. The smallest absolute Gasteiger partial charge is 0.337 e. The first kappa shape index (κ1) is 17.6. The molecular formula is C14H18Cl2N2O3. The molecule has 0 aliphatic carbocycles. The van der Waals surface area contributed by atoms with Gasteiger partial charge in [0.2, 0.25) is 0 Å². The summed E-state index contributed by atoms with van der Waals surface area (Å²) < 4.78 is 0. The zero-order chi connectivity index (χ0) is 16.2. The van der Waals surface area contributed by atoms with Gasteiger partial charge in [0, 0.05) is 10.6 Å². The van der Waals surface area contributed by atoms with Gasteiger partial charge in [0.15, 0.2) is 0 Å². The molecule has 1 rings (SSSR count). The summed E-state index contributed by atoms with van der Waals surface area (Å²) in [6.45, 7) is 5.79. The van der Waals surface area contributed by atoms with Crippen molar-refractivity contribution in [3.63, 3.8) is 0 Å². The molecule has 1 aromatic rings. The largest absolute Gasteiger partial charge is 0.478 e. The van der Waals surface area contributed by atoms with Gasteiger partial charge >= 0.3 is 12.0 Å². The van der Waals surface area contributed by atoms with Gasteiger partial charge in [-0.25, -0.2) is 9.59 Å². The first-order chi connectivity index (χ1) is 9.66. The van der Waals surface area contributed by atoms with E-state index in [-0.39, 0.29) is 21.3 Å². The molecule has 0 unspecified atom stereocenters. The van der Waals surface area contributed by atoms with Crippen LogP contribution in [0.4, 0.5) is 10.5 Å². The number of anilines is 1. The molecule has 0 fully saturated rings. The lowest BCUT2D eigenvalue weighted by molar-refractivity contribution is 0.0698. The molecule has 21 heavy (non-hydrogen) atoms. The minimum atomic E-state index is -1.22. The van der Waals surface area contributed by atoms with Gasteiger partial charge in [0.05, 0.1) is 16.3 Å². The number of carbonyl (C=O) groups excluding carboxylic acids is 1. The van der Waals surface area contributed by atoms with Gasteiger partial charge in [-0.3, -0.25) is 0 Å². The van der Waals surface area contributed by atoms with Gasteiger partial charge in [-0.05, 0) is 32.4 Å². The monoisotopic (exact) mass is 332 g/mol. The van der Waals surface area contributed by atoms with E-state index >= 15 is 0 Å². The molecule has 0 bridgehead atoms. The van der Waals surface area contributed by atoms with E-state index in [1.54, 1.807) is 0 Å². The van der Waals surface area contributed by atoms with Crippen molar-refractivity contribution in [3.05, 3.63) is 27.7 Å². The number of carboxylic acid groups (broad SMARTS) is 1. The van der Waals surface area contributed by atoms with Crippen LogP contribution < -0.4 is 10.6 Å². The van der Waals surface area contributed by atoms with Gasteiger partial charge < -0.3 is 15.7 Å². The summed E-state index contributed by atoms with van der Waals surface area (Å²) in [5.41, 5.74) is -0.532. The van der Waals surface area contributed by atoms with Crippen LogP contribution in [-0.4, -0.2) is 22.6 Å². The maximum Gasteiger partial charge on any atom is 0.337 e. The lowest BCUT2D eigenvalue weighted by atomic mass is 9.99. The average Bonchev–Trinajstić information content (AvgIpc) is 2.30. The number of carboxylic acids is 1. The Labute approximate surface area is 133 Å². The molecule has 3 N–H and O–H groups in total. The molecule has 1 aromatic carbocycles. The Morgan fingerprint density at radius 2 is 1.90 bits per heavy atom. The van der Waals surface area contributed by atoms with Crippen molar-refractivity contribution in [1.82, 2.24) is 5.32 Å². The van der Waals surface area contributed by atoms with Crippen LogP contribution in [-0.2, 0) is 0 Å². The Morgan fingerprint density at radius 1 is 1.29 bits per heavy atom. The minimum Gasteiger partial charge on any atom is -0.478 e. The molecule has 0 aliphatic heterocycles. The third-order valence-electron chi connectivity index (χ3n) is 2.85. The molecule has 0 radical (unpaired) electrons. The van der Waals surface area contributed by atoms with Crippen LogP contribution in [0.1, 0.15) is 44.0 Å². The summed E-state index contributed by atoms with van der Waals surface area (Å²) in [4.78, 5) is 23.2. The summed E-state index contributed by atoms with van der Waals surface area (Å²) in [6, 6.07) is 2.10.